The number of hydrogen-bond acceptors (Lipinski definition) is 4. The molecule has 1 saturated heterocycles. The van der Waals surface area contributed by atoms with Gasteiger partial charge in [0.1, 0.15) is 0 Å². The number of carbonyl (C=O) groups excluding carboxylic acids is 1. The molecule has 0 radical (unpaired) electrons. The molecule has 1 heterocycles. The number of unbranched alkanes of at least 4 members (excludes halogenated alkanes) is 4. The molecule has 0 aliphatic carbocycles. The Kier molecular flexibility index (Phi) is 7.33. The normalized spacial score (nSPS) is 22.3. The molecule has 2 N–H and O–H groups in total. The van der Waals surface area contributed by atoms with E-state index in [9.17, 15) is 4.79 Å². The third-order valence-corrected chi connectivity index (χ3v) is 4.80. The van der Waals surface area contributed by atoms with Gasteiger partial charge in [-0.3, -0.25) is 0 Å². The van der Waals surface area contributed by atoms with Gasteiger partial charge in [0.15, 0.2) is 0 Å². The third-order valence-electron chi connectivity index (χ3n) is 4.80. The first kappa shape index (κ1) is 19.4. The van der Waals surface area contributed by atoms with Crippen LogP contribution in [0, 0.1) is 11.8 Å². The van der Waals surface area contributed by atoms with Gasteiger partial charge in [0.25, 0.3) is 0 Å². The summed E-state index contributed by atoms with van der Waals surface area (Å²) in [4.78, 5) is 16.2. The molecule has 0 bridgehead atoms. The number of hydrogen-bond donors (Lipinski definition) is 2. The fraction of sp³-hybridized carbons (Fsp3) is 0.944. The summed E-state index contributed by atoms with van der Waals surface area (Å²) in [7, 11) is 0. The maximum atomic E-state index is 12.1. The Bertz CT molecular complexity index is 336. The molecule has 0 aromatic carbocycles. The van der Waals surface area contributed by atoms with Gasteiger partial charge in [0, 0.05) is 11.1 Å². The van der Waals surface area contributed by atoms with Crippen molar-refractivity contribution in [3.8, 4) is 0 Å². The minimum atomic E-state index is -0.450. The van der Waals surface area contributed by atoms with Gasteiger partial charge in [0.05, 0.1) is 5.92 Å². The zero-order valence-electron chi connectivity index (χ0n) is 15.1. The minimum absolute atomic E-state index is 0.00259. The third kappa shape index (κ3) is 6.25. The summed E-state index contributed by atoms with van der Waals surface area (Å²) in [6.45, 7) is 10.9. The second kappa shape index (κ2) is 8.30. The van der Waals surface area contributed by atoms with Gasteiger partial charge < -0.3 is 10.2 Å². The molecule has 130 valence electrons. The number of carbonyl (C=O) groups is 1. The van der Waals surface area contributed by atoms with Gasteiger partial charge in [0.2, 0.25) is 0 Å². The second-order valence-electron chi connectivity index (χ2n) is 8.28. The molecular formula is C18H35NO3. The molecule has 4 heteroatoms. The van der Waals surface area contributed by atoms with E-state index in [1.54, 1.807) is 0 Å². The summed E-state index contributed by atoms with van der Waals surface area (Å²) in [5.41, 5.74) is 0.00518. The highest BCUT2D eigenvalue weighted by molar-refractivity contribution is 5.72. The van der Waals surface area contributed by atoms with Crippen LogP contribution in [0.3, 0.4) is 0 Å². The lowest BCUT2D eigenvalue weighted by Crippen LogP contribution is -2.59. The molecule has 0 saturated carbocycles. The summed E-state index contributed by atoms with van der Waals surface area (Å²) in [6.07, 6.45) is 8.57. The first-order valence-corrected chi connectivity index (χ1v) is 8.85. The molecule has 0 spiro atoms. The zero-order chi connectivity index (χ0) is 16.8. The molecule has 1 aliphatic heterocycles. The molecule has 0 amide bonds. The van der Waals surface area contributed by atoms with Crippen LogP contribution in [0.1, 0.15) is 86.0 Å². The highest BCUT2D eigenvalue weighted by Gasteiger charge is 2.43. The Hall–Kier alpha value is -0.610. The first-order chi connectivity index (χ1) is 10.2. The SMILES string of the molecule is CCCCCCCC(C(=O)OO)C1CC(C)(C)NC(C)(C)C1. The summed E-state index contributed by atoms with van der Waals surface area (Å²) in [5.74, 6) is -0.377. The van der Waals surface area contributed by atoms with Crippen molar-refractivity contribution < 1.29 is 14.9 Å². The molecule has 1 unspecified atom stereocenters. The van der Waals surface area contributed by atoms with Crippen LogP contribution in [-0.4, -0.2) is 22.3 Å². The number of nitrogens with one attached hydrogen (secondary N) is 1. The highest BCUT2D eigenvalue weighted by Crippen LogP contribution is 2.39. The number of rotatable bonds is 8. The van der Waals surface area contributed by atoms with Crippen LogP contribution in [0.5, 0.6) is 0 Å². The van der Waals surface area contributed by atoms with Crippen molar-refractivity contribution in [3.05, 3.63) is 0 Å². The summed E-state index contributed by atoms with van der Waals surface area (Å²) < 4.78 is 0. The topological polar surface area (TPSA) is 58.6 Å². The Balaban J connectivity index is 2.68. The fourth-order valence-corrected chi connectivity index (χ4v) is 4.27. The van der Waals surface area contributed by atoms with E-state index in [1.807, 2.05) is 0 Å². The van der Waals surface area contributed by atoms with E-state index in [1.165, 1.54) is 19.3 Å². The van der Waals surface area contributed by atoms with E-state index in [0.29, 0.717) is 0 Å². The Morgan fingerprint density at radius 1 is 1.14 bits per heavy atom. The van der Waals surface area contributed by atoms with Crippen molar-refractivity contribution in [3.63, 3.8) is 0 Å². The van der Waals surface area contributed by atoms with Crippen molar-refractivity contribution in [1.82, 2.24) is 5.32 Å². The maximum absolute atomic E-state index is 12.1. The minimum Gasteiger partial charge on any atom is -0.307 e. The van der Waals surface area contributed by atoms with Gasteiger partial charge in [-0.2, -0.15) is 5.26 Å². The highest BCUT2D eigenvalue weighted by atomic mass is 17.1. The average Bonchev–Trinajstić information content (AvgIpc) is 2.38. The van der Waals surface area contributed by atoms with Gasteiger partial charge in [-0.05, 0) is 52.9 Å². The molecule has 0 aromatic heterocycles. The lowest BCUT2D eigenvalue weighted by molar-refractivity contribution is -0.241. The van der Waals surface area contributed by atoms with Crippen molar-refractivity contribution in [2.24, 2.45) is 11.8 Å². The summed E-state index contributed by atoms with van der Waals surface area (Å²) in [5, 5.41) is 12.5. The molecule has 22 heavy (non-hydrogen) atoms. The average molecular weight is 313 g/mol. The maximum Gasteiger partial charge on any atom is 0.345 e. The fourth-order valence-electron chi connectivity index (χ4n) is 4.27. The monoisotopic (exact) mass is 313 g/mol. The lowest BCUT2D eigenvalue weighted by atomic mass is 9.69. The van der Waals surface area contributed by atoms with Gasteiger partial charge in [-0.25, -0.2) is 4.79 Å². The van der Waals surface area contributed by atoms with Crippen LogP contribution >= 0.6 is 0 Å². The molecule has 1 aliphatic rings. The smallest absolute Gasteiger partial charge is 0.307 e. The van der Waals surface area contributed by atoms with Gasteiger partial charge in [-0.1, -0.05) is 39.0 Å². The Morgan fingerprint density at radius 2 is 1.68 bits per heavy atom. The molecular weight excluding hydrogens is 278 g/mol. The van der Waals surface area contributed by atoms with Crippen LogP contribution in [0.2, 0.25) is 0 Å². The van der Waals surface area contributed by atoms with Crippen LogP contribution in [0.25, 0.3) is 0 Å². The summed E-state index contributed by atoms with van der Waals surface area (Å²) >= 11 is 0. The quantitative estimate of drug-likeness (QED) is 0.392. The standard InChI is InChI=1S/C18H35NO3/c1-6-7-8-9-10-11-15(16(20)22-21)14-12-17(2,3)19-18(4,5)13-14/h14-15,19,21H,6-13H2,1-5H3. The van der Waals surface area contributed by atoms with E-state index in [4.69, 9.17) is 5.26 Å². The van der Waals surface area contributed by atoms with E-state index < -0.39 is 5.97 Å². The predicted octanol–water partition coefficient (Wildman–Crippen LogP) is 4.54. The van der Waals surface area contributed by atoms with Crippen molar-refractivity contribution >= 4 is 5.97 Å². The number of piperidine rings is 1. The predicted molar refractivity (Wildman–Crippen MR) is 89.6 cm³/mol. The second-order valence-corrected chi connectivity index (χ2v) is 8.28. The van der Waals surface area contributed by atoms with Crippen LogP contribution in [0.4, 0.5) is 0 Å². The van der Waals surface area contributed by atoms with Crippen molar-refractivity contribution in [2.45, 2.75) is 97.1 Å². The van der Waals surface area contributed by atoms with E-state index in [2.05, 4.69) is 44.8 Å². The van der Waals surface area contributed by atoms with Crippen molar-refractivity contribution in [1.29, 1.82) is 0 Å². The van der Waals surface area contributed by atoms with Crippen LogP contribution in [0.15, 0.2) is 0 Å². The molecule has 1 atom stereocenters. The summed E-state index contributed by atoms with van der Waals surface area (Å²) in [6, 6.07) is 0. The molecule has 4 nitrogen and oxygen atoms in total. The van der Waals surface area contributed by atoms with Crippen LogP contribution < -0.4 is 5.32 Å². The Morgan fingerprint density at radius 3 is 2.18 bits per heavy atom. The molecule has 1 fully saturated rings. The lowest BCUT2D eigenvalue weighted by Gasteiger charge is -2.48. The molecule has 1 rings (SSSR count). The first-order valence-electron chi connectivity index (χ1n) is 8.85. The Labute approximate surface area is 135 Å². The largest absolute Gasteiger partial charge is 0.345 e. The van der Waals surface area contributed by atoms with E-state index in [0.717, 1.165) is 32.1 Å². The van der Waals surface area contributed by atoms with Crippen molar-refractivity contribution in [2.75, 3.05) is 0 Å². The van der Waals surface area contributed by atoms with E-state index in [-0.39, 0.29) is 22.9 Å². The zero-order valence-corrected chi connectivity index (χ0v) is 15.1. The van der Waals surface area contributed by atoms with E-state index >= 15 is 0 Å². The molecule has 0 aromatic rings. The van der Waals surface area contributed by atoms with Crippen LogP contribution in [-0.2, 0) is 9.68 Å². The van der Waals surface area contributed by atoms with Gasteiger partial charge in [-0.15, -0.1) is 0 Å². The van der Waals surface area contributed by atoms with Gasteiger partial charge >= 0.3 is 5.97 Å².